The number of nitrogens with zero attached hydrogens (tertiary/aromatic N) is 5. The van der Waals surface area contributed by atoms with E-state index >= 15 is 0 Å². The van der Waals surface area contributed by atoms with Gasteiger partial charge in [-0.05, 0) is 43.4 Å². The van der Waals surface area contributed by atoms with Crippen LogP contribution in [0.15, 0.2) is 65.5 Å². The zero-order valence-electron chi connectivity index (χ0n) is 24.2. The summed E-state index contributed by atoms with van der Waals surface area (Å²) in [6.07, 6.45) is 1.05. The molecule has 0 aliphatic carbocycles. The molecule has 6 rings (SSSR count). The lowest BCUT2D eigenvalue weighted by Gasteiger charge is -2.43. The molecule has 2 aromatic carbocycles. The number of H-pyrrole nitrogens is 1. The minimum atomic E-state index is -0.806. The number of amides is 1. The van der Waals surface area contributed by atoms with E-state index in [1.54, 1.807) is 6.07 Å². The highest BCUT2D eigenvalue weighted by molar-refractivity contribution is 6.01. The number of nitrogens with one attached hydrogen (secondary N) is 1. The number of carbonyl (C=O) groups is 1. The van der Waals surface area contributed by atoms with Crippen LogP contribution in [0, 0.1) is 5.92 Å². The van der Waals surface area contributed by atoms with Crippen LogP contribution in [0.5, 0.6) is 5.88 Å². The van der Waals surface area contributed by atoms with Crippen molar-refractivity contribution < 1.29 is 14.6 Å². The van der Waals surface area contributed by atoms with Crippen LogP contribution in [0.2, 0.25) is 0 Å². The number of pyridine rings is 1. The Morgan fingerprint density at radius 2 is 1.81 bits per heavy atom. The molecule has 0 unspecified atom stereocenters. The highest BCUT2D eigenvalue weighted by Crippen LogP contribution is 2.37. The third-order valence-electron chi connectivity index (χ3n) is 8.63. The molecule has 1 amide bonds. The summed E-state index contributed by atoms with van der Waals surface area (Å²) in [4.78, 5) is 32.9. The van der Waals surface area contributed by atoms with Crippen LogP contribution in [-0.2, 0) is 13.7 Å². The number of ether oxygens (including phenoxy) is 1. The smallest absolute Gasteiger partial charge is 0.407 e. The number of fused-ring (bicyclic) bond motifs is 1. The summed E-state index contributed by atoms with van der Waals surface area (Å²) < 4.78 is 8.05. The summed E-state index contributed by atoms with van der Waals surface area (Å²) >= 11 is 0. The topological polar surface area (TPSA) is 107 Å². The number of para-hydroxylation sites is 1. The van der Waals surface area contributed by atoms with Crippen molar-refractivity contribution in [2.75, 3.05) is 44.2 Å². The molecule has 2 saturated heterocycles. The fraction of sp³-hybridized carbons (Fsp3) is 0.406. The predicted molar refractivity (Wildman–Crippen MR) is 163 cm³/mol. The van der Waals surface area contributed by atoms with Gasteiger partial charge in [0, 0.05) is 63.8 Å². The van der Waals surface area contributed by atoms with Crippen molar-refractivity contribution in [1.29, 1.82) is 0 Å². The lowest BCUT2D eigenvalue weighted by Crippen LogP contribution is -2.53. The van der Waals surface area contributed by atoms with E-state index in [4.69, 9.17) is 9.84 Å². The number of hydrogen-bond donors (Lipinski definition) is 2. The number of aromatic amines is 1. The number of carboxylic acid groups (broad SMARTS) is 1. The van der Waals surface area contributed by atoms with Gasteiger partial charge < -0.3 is 19.6 Å². The van der Waals surface area contributed by atoms with Gasteiger partial charge in [0.25, 0.3) is 5.56 Å². The number of hydrogen-bond acceptors (Lipinski definition) is 6. The van der Waals surface area contributed by atoms with E-state index in [-0.39, 0.29) is 5.56 Å². The van der Waals surface area contributed by atoms with E-state index in [1.807, 2.05) is 42.1 Å². The fourth-order valence-corrected chi connectivity index (χ4v) is 6.46. The van der Waals surface area contributed by atoms with Crippen LogP contribution >= 0.6 is 0 Å². The van der Waals surface area contributed by atoms with Gasteiger partial charge in [0.1, 0.15) is 12.3 Å². The molecule has 4 heterocycles. The minimum Gasteiger partial charge on any atom is -0.474 e. The number of rotatable bonds is 7. The van der Waals surface area contributed by atoms with E-state index in [0.717, 1.165) is 72.4 Å². The molecule has 1 atom stereocenters. The van der Waals surface area contributed by atoms with Gasteiger partial charge in [-0.15, -0.1) is 0 Å². The van der Waals surface area contributed by atoms with Crippen LogP contribution in [0.1, 0.15) is 25.3 Å². The second kappa shape index (κ2) is 11.9. The highest BCUT2D eigenvalue weighted by Gasteiger charge is 2.30. The fourth-order valence-electron chi connectivity index (χ4n) is 6.46. The van der Waals surface area contributed by atoms with E-state index < -0.39 is 6.09 Å². The van der Waals surface area contributed by atoms with E-state index in [2.05, 4.69) is 39.9 Å². The van der Waals surface area contributed by atoms with Crippen molar-refractivity contribution in [3.8, 4) is 17.1 Å². The van der Waals surface area contributed by atoms with Crippen molar-refractivity contribution >= 4 is 22.7 Å². The molecule has 2 aromatic heterocycles. The lowest BCUT2D eigenvalue weighted by molar-refractivity contribution is 0.109. The molecule has 2 N–H and O–H groups in total. The zero-order valence-corrected chi connectivity index (χ0v) is 24.2. The molecule has 10 heteroatoms. The molecule has 0 bridgehead atoms. The van der Waals surface area contributed by atoms with Gasteiger partial charge >= 0.3 is 6.09 Å². The first-order chi connectivity index (χ1) is 20.4. The van der Waals surface area contributed by atoms with Crippen molar-refractivity contribution in [3.63, 3.8) is 0 Å². The monoisotopic (exact) mass is 570 g/mol. The maximum atomic E-state index is 12.2. The Morgan fingerprint density at radius 3 is 2.55 bits per heavy atom. The van der Waals surface area contributed by atoms with Crippen molar-refractivity contribution in [1.82, 2.24) is 24.6 Å². The Hall–Kier alpha value is -4.31. The van der Waals surface area contributed by atoms with Crippen molar-refractivity contribution in [3.05, 3.63) is 76.6 Å². The second-order valence-corrected chi connectivity index (χ2v) is 11.5. The SMILES string of the molecule is C[C@H]1CN(CC2CCN(C(=O)O)CC2)CCN1c1cccc2c(-c3ccc(=O)[nH]c3OCc3ccccc3)nn(C)c12. The third kappa shape index (κ3) is 5.72. The van der Waals surface area contributed by atoms with Crippen LogP contribution in [0.3, 0.4) is 0 Å². The number of piperazine rings is 1. The molecular formula is C32H38N6O4. The average molecular weight is 571 g/mol. The Morgan fingerprint density at radius 1 is 1.02 bits per heavy atom. The van der Waals surface area contributed by atoms with Gasteiger partial charge in [0.05, 0.1) is 16.8 Å². The summed E-state index contributed by atoms with van der Waals surface area (Å²) in [6, 6.07) is 19.8. The van der Waals surface area contributed by atoms with Gasteiger partial charge in [-0.2, -0.15) is 5.10 Å². The summed E-state index contributed by atoms with van der Waals surface area (Å²) in [5, 5.41) is 15.2. The molecular weight excluding hydrogens is 532 g/mol. The first-order valence-corrected chi connectivity index (χ1v) is 14.7. The van der Waals surface area contributed by atoms with Crippen molar-refractivity contribution in [2.45, 2.75) is 32.4 Å². The molecule has 2 aliphatic heterocycles. The first-order valence-electron chi connectivity index (χ1n) is 14.7. The second-order valence-electron chi connectivity index (χ2n) is 11.5. The van der Waals surface area contributed by atoms with E-state index in [1.165, 1.54) is 11.0 Å². The van der Waals surface area contributed by atoms with Gasteiger partial charge in [-0.3, -0.25) is 19.4 Å². The number of piperidine rings is 1. The van der Waals surface area contributed by atoms with E-state index in [9.17, 15) is 14.7 Å². The molecule has 0 spiro atoms. The van der Waals surface area contributed by atoms with Crippen LogP contribution in [0.25, 0.3) is 22.2 Å². The summed E-state index contributed by atoms with van der Waals surface area (Å²) in [6.45, 7) is 7.71. The standard InChI is InChI=1S/C32H38N6O4/c1-22-19-36(20-23-13-15-37(16-14-23)32(40)41)17-18-38(22)27-10-6-9-25-29(34-35(2)30(25)27)26-11-12-28(39)33-31(26)42-21-24-7-4-3-5-8-24/h3-12,22-23H,13-21H2,1-2H3,(H,33,39)(H,40,41)/t22-/m0/s1. The summed E-state index contributed by atoms with van der Waals surface area (Å²) in [5.74, 6) is 0.950. The Kier molecular flexibility index (Phi) is 7.88. The molecule has 10 nitrogen and oxygen atoms in total. The van der Waals surface area contributed by atoms with Crippen LogP contribution in [0.4, 0.5) is 10.5 Å². The quantitative estimate of drug-likeness (QED) is 0.339. The Balaban J connectivity index is 1.21. The molecule has 220 valence electrons. The third-order valence-corrected chi connectivity index (χ3v) is 8.63. The minimum absolute atomic E-state index is 0.220. The molecule has 4 aromatic rings. The van der Waals surface area contributed by atoms with Gasteiger partial charge in [-0.1, -0.05) is 42.5 Å². The molecule has 0 saturated carbocycles. The number of aryl methyl sites for hydroxylation is 1. The Bertz CT molecular complexity index is 1610. The van der Waals surface area contributed by atoms with Gasteiger partial charge in [0.2, 0.25) is 5.88 Å². The Labute approximate surface area is 245 Å². The predicted octanol–water partition coefficient (Wildman–Crippen LogP) is 4.41. The average Bonchev–Trinajstić information content (AvgIpc) is 3.33. The maximum absolute atomic E-state index is 12.2. The number of benzene rings is 2. The number of likely N-dealkylation sites (tertiary alicyclic amines) is 1. The molecule has 0 radical (unpaired) electrons. The summed E-state index contributed by atoms with van der Waals surface area (Å²) in [7, 11) is 1.97. The van der Waals surface area contributed by atoms with Gasteiger partial charge in [0.15, 0.2) is 0 Å². The molecule has 2 aliphatic rings. The number of anilines is 1. The molecule has 2 fully saturated rings. The molecule has 42 heavy (non-hydrogen) atoms. The summed E-state index contributed by atoms with van der Waals surface area (Å²) in [5.41, 5.74) is 4.51. The maximum Gasteiger partial charge on any atom is 0.407 e. The number of aromatic nitrogens is 3. The van der Waals surface area contributed by atoms with E-state index in [0.29, 0.717) is 37.5 Å². The zero-order chi connectivity index (χ0) is 29.2. The normalized spacial score (nSPS) is 18.5. The van der Waals surface area contributed by atoms with Crippen molar-refractivity contribution in [2.24, 2.45) is 13.0 Å². The van der Waals surface area contributed by atoms with Crippen LogP contribution in [-0.4, -0.2) is 81.1 Å². The van der Waals surface area contributed by atoms with Crippen LogP contribution < -0.4 is 15.2 Å². The lowest BCUT2D eigenvalue weighted by atomic mass is 9.95. The largest absolute Gasteiger partial charge is 0.474 e. The highest BCUT2D eigenvalue weighted by atomic mass is 16.5. The van der Waals surface area contributed by atoms with Gasteiger partial charge in [-0.25, -0.2) is 4.79 Å². The first kappa shape index (κ1) is 27.8.